The Bertz CT molecular complexity index is 821. The highest BCUT2D eigenvalue weighted by Crippen LogP contribution is 2.45. The van der Waals surface area contributed by atoms with Gasteiger partial charge in [0.15, 0.2) is 6.23 Å². The van der Waals surface area contributed by atoms with Gasteiger partial charge in [-0.1, -0.05) is 43.7 Å². The number of amides is 4. The zero-order valence-corrected chi connectivity index (χ0v) is 21.7. The Kier molecular flexibility index (Phi) is 10.5. The second kappa shape index (κ2) is 12.9. The molecule has 1 aromatic carbocycles. The maximum absolute atomic E-state index is 12.9. The number of carbonyl (C=O) groups is 3. The van der Waals surface area contributed by atoms with Crippen LogP contribution in [0.3, 0.4) is 0 Å². The molecule has 1 unspecified atom stereocenters. The van der Waals surface area contributed by atoms with Crippen molar-refractivity contribution in [3.8, 4) is 0 Å². The van der Waals surface area contributed by atoms with Crippen LogP contribution in [0.2, 0.25) is 0 Å². The third kappa shape index (κ3) is 6.79. The minimum atomic E-state index is -0.759. The highest BCUT2D eigenvalue weighted by molar-refractivity contribution is 6.03. The number of likely N-dealkylation sites (tertiary alicyclic amines) is 1. The topological polar surface area (TPSA) is 82.2 Å². The van der Waals surface area contributed by atoms with Gasteiger partial charge in [-0.3, -0.25) is 9.59 Å². The van der Waals surface area contributed by atoms with Gasteiger partial charge in [0.1, 0.15) is 6.61 Å². The van der Waals surface area contributed by atoms with Crippen LogP contribution in [-0.2, 0) is 20.7 Å². The molecule has 1 aliphatic rings. The van der Waals surface area contributed by atoms with Crippen LogP contribution >= 0.6 is 0 Å². The zero-order chi connectivity index (χ0) is 25.3. The molecule has 8 nitrogen and oxygen atoms in total. The fourth-order valence-corrected chi connectivity index (χ4v) is 4.19. The van der Waals surface area contributed by atoms with E-state index in [1.54, 1.807) is 11.9 Å². The van der Waals surface area contributed by atoms with Gasteiger partial charge in [0.25, 0.3) is 0 Å². The number of hydrogen-bond donors (Lipinski definition) is 1. The summed E-state index contributed by atoms with van der Waals surface area (Å²) in [6, 6.07) is 8.01. The van der Waals surface area contributed by atoms with Crippen LogP contribution in [0.4, 0.5) is 4.79 Å². The number of urea groups is 1. The first-order chi connectivity index (χ1) is 16.2. The van der Waals surface area contributed by atoms with E-state index in [1.165, 1.54) is 11.1 Å². The summed E-state index contributed by atoms with van der Waals surface area (Å²) in [7, 11) is 5.63. The lowest BCUT2D eigenvalue weighted by atomic mass is 9.72. The lowest BCUT2D eigenvalue weighted by molar-refractivity contribution is -0.211. The van der Waals surface area contributed by atoms with Crippen LogP contribution in [0.25, 0.3) is 0 Å². The van der Waals surface area contributed by atoms with E-state index in [1.807, 2.05) is 32.8 Å². The molecule has 1 aliphatic heterocycles. The molecule has 4 amide bonds. The second-order valence-electron chi connectivity index (χ2n) is 9.49. The molecule has 0 aromatic heterocycles. The Hall–Kier alpha value is -2.45. The van der Waals surface area contributed by atoms with Gasteiger partial charge in [-0.25, -0.2) is 9.69 Å². The van der Waals surface area contributed by atoms with Crippen molar-refractivity contribution in [1.82, 2.24) is 20.0 Å². The number of likely N-dealkylation sites (N-methyl/N-ethyl adjacent to an activating group) is 2. The molecule has 1 atom stereocenters. The highest BCUT2D eigenvalue weighted by Gasteiger charge is 2.62. The Labute approximate surface area is 204 Å². The standard InChI is InChI=1S/C26H42N4O4/c1-7-26(8-2)23(32)30(24(26)34-19-22(31)29(6)18-17-28(4)5)25(33)27-16-10-9-11-21-14-12-20(3)13-15-21/h12-15,24H,7-11,16-19H2,1-6H3,(H,27,33). The molecule has 1 aromatic rings. The van der Waals surface area contributed by atoms with Crippen LogP contribution in [0, 0.1) is 12.3 Å². The predicted octanol–water partition coefficient (Wildman–Crippen LogP) is 3.04. The number of nitrogens with zero attached hydrogens (tertiary/aromatic N) is 3. The monoisotopic (exact) mass is 474 g/mol. The van der Waals surface area contributed by atoms with Crippen molar-refractivity contribution in [2.75, 3.05) is 47.4 Å². The lowest BCUT2D eigenvalue weighted by Crippen LogP contribution is -2.72. The van der Waals surface area contributed by atoms with E-state index < -0.39 is 17.7 Å². The first-order valence-corrected chi connectivity index (χ1v) is 12.3. The maximum Gasteiger partial charge on any atom is 0.326 e. The van der Waals surface area contributed by atoms with Crippen LogP contribution in [0.5, 0.6) is 0 Å². The fourth-order valence-electron chi connectivity index (χ4n) is 4.19. The van der Waals surface area contributed by atoms with Crippen LogP contribution < -0.4 is 5.32 Å². The SMILES string of the molecule is CCC1(CC)C(=O)N(C(=O)NCCCCc2ccc(C)cc2)C1OCC(=O)N(C)CCN(C)C. The number of carbonyl (C=O) groups excluding carboxylic acids is 3. The summed E-state index contributed by atoms with van der Waals surface area (Å²) in [5, 5.41) is 2.85. The lowest BCUT2D eigenvalue weighted by Gasteiger charge is -2.53. The number of imide groups is 1. The first kappa shape index (κ1) is 27.8. The molecule has 0 spiro atoms. The Balaban J connectivity index is 1.87. The Morgan fingerprint density at radius 1 is 1.06 bits per heavy atom. The normalized spacial score (nSPS) is 17.0. The summed E-state index contributed by atoms with van der Waals surface area (Å²) >= 11 is 0. The Morgan fingerprint density at radius 3 is 2.29 bits per heavy atom. The molecular weight excluding hydrogens is 432 g/mol. The second-order valence-corrected chi connectivity index (χ2v) is 9.49. The molecule has 0 radical (unpaired) electrons. The smallest absolute Gasteiger partial charge is 0.326 e. The molecule has 1 heterocycles. The van der Waals surface area contributed by atoms with E-state index in [-0.39, 0.29) is 18.4 Å². The van der Waals surface area contributed by atoms with Gasteiger partial charge < -0.3 is 19.9 Å². The van der Waals surface area contributed by atoms with Crippen molar-refractivity contribution < 1.29 is 19.1 Å². The van der Waals surface area contributed by atoms with E-state index in [0.717, 1.165) is 30.7 Å². The molecular formula is C26H42N4O4. The molecule has 0 aliphatic carbocycles. The van der Waals surface area contributed by atoms with Crippen molar-refractivity contribution in [1.29, 1.82) is 0 Å². The van der Waals surface area contributed by atoms with Crippen LogP contribution in [0.1, 0.15) is 50.7 Å². The largest absolute Gasteiger partial charge is 0.347 e. The average molecular weight is 475 g/mol. The summed E-state index contributed by atoms with van der Waals surface area (Å²) in [5.74, 6) is -0.396. The zero-order valence-electron chi connectivity index (χ0n) is 21.7. The van der Waals surface area contributed by atoms with E-state index in [4.69, 9.17) is 4.74 Å². The van der Waals surface area contributed by atoms with Gasteiger partial charge in [-0.05, 0) is 58.7 Å². The van der Waals surface area contributed by atoms with Crippen molar-refractivity contribution >= 4 is 17.8 Å². The number of rotatable bonds is 13. The molecule has 2 rings (SSSR count). The maximum atomic E-state index is 12.9. The van der Waals surface area contributed by atoms with E-state index in [2.05, 4.69) is 36.5 Å². The molecule has 1 saturated heterocycles. The van der Waals surface area contributed by atoms with Crippen molar-refractivity contribution in [3.63, 3.8) is 0 Å². The minimum absolute atomic E-state index is 0.163. The number of hydrogen-bond acceptors (Lipinski definition) is 5. The number of unbranched alkanes of at least 4 members (excludes halogenated alkanes) is 1. The average Bonchev–Trinajstić information content (AvgIpc) is 2.81. The van der Waals surface area contributed by atoms with Gasteiger partial charge in [0.2, 0.25) is 11.8 Å². The summed E-state index contributed by atoms with van der Waals surface area (Å²) in [4.78, 5) is 43.0. The van der Waals surface area contributed by atoms with Gasteiger partial charge in [0.05, 0.1) is 5.41 Å². The Morgan fingerprint density at radius 2 is 1.71 bits per heavy atom. The highest BCUT2D eigenvalue weighted by atomic mass is 16.5. The van der Waals surface area contributed by atoms with Crippen LogP contribution in [0.15, 0.2) is 24.3 Å². The molecule has 8 heteroatoms. The molecule has 190 valence electrons. The molecule has 34 heavy (non-hydrogen) atoms. The third-order valence-electron chi connectivity index (χ3n) is 6.79. The minimum Gasteiger partial charge on any atom is -0.347 e. The van der Waals surface area contributed by atoms with E-state index in [9.17, 15) is 14.4 Å². The number of benzene rings is 1. The molecule has 0 saturated carbocycles. The first-order valence-electron chi connectivity index (χ1n) is 12.3. The van der Waals surface area contributed by atoms with Gasteiger partial charge in [-0.15, -0.1) is 0 Å². The third-order valence-corrected chi connectivity index (χ3v) is 6.79. The van der Waals surface area contributed by atoms with E-state index in [0.29, 0.717) is 25.9 Å². The van der Waals surface area contributed by atoms with Crippen molar-refractivity contribution in [2.45, 2.75) is 59.1 Å². The van der Waals surface area contributed by atoms with Gasteiger partial charge >= 0.3 is 6.03 Å². The number of ether oxygens (including phenoxy) is 1. The molecule has 0 bridgehead atoms. The summed E-state index contributed by atoms with van der Waals surface area (Å²) in [6.45, 7) is 7.56. The van der Waals surface area contributed by atoms with Gasteiger partial charge in [0, 0.05) is 26.7 Å². The fraction of sp³-hybridized carbons (Fsp3) is 0.654. The van der Waals surface area contributed by atoms with Crippen molar-refractivity contribution in [3.05, 3.63) is 35.4 Å². The molecule has 1 N–H and O–H groups in total. The quantitative estimate of drug-likeness (QED) is 0.351. The number of aryl methyl sites for hydroxylation is 2. The van der Waals surface area contributed by atoms with E-state index >= 15 is 0 Å². The predicted molar refractivity (Wildman–Crippen MR) is 133 cm³/mol. The van der Waals surface area contributed by atoms with Crippen molar-refractivity contribution in [2.24, 2.45) is 5.41 Å². The summed E-state index contributed by atoms with van der Waals surface area (Å²) in [5.41, 5.74) is 1.76. The van der Waals surface area contributed by atoms with Gasteiger partial charge in [-0.2, -0.15) is 0 Å². The number of nitrogens with one attached hydrogen (secondary N) is 1. The summed E-state index contributed by atoms with van der Waals surface area (Å²) < 4.78 is 5.90. The number of β-lactam (4-membered cyclic amide) rings is 1. The molecule has 1 fully saturated rings. The van der Waals surface area contributed by atoms with Crippen LogP contribution in [-0.4, -0.2) is 86.2 Å². The summed E-state index contributed by atoms with van der Waals surface area (Å²) in [6.07, 6.45) is 3.08.